The number of hydrogen-bond donors (Lipinski definition) is 3. The van der Waals surface area contributed by atoms with E-state index < -0.39 is 5.54 Å². The molecule has 1 aliphatic rings. The lowest BCUT2D eigenvalue weighted by Crippen LogP contribution is -2.58. The number of carbonyl (C=O) groups excluding carboxylic acids is 1. The average Bonchev–Trinajstić information content (AvgIpc) is 2.62. The third-order valence-electron chi connectivity index (χ3n) is 2.69. The van der Waals surface area contributed by atoms with Crippen LogP contribution < -0.4 is 11.1 Å². The molecule has 0 atom stereocenters. The third kappa shape index (κ3) is 1.63. The predicted octanol–water partition coefficient (Wildman–Crippen LogP) is -0.0927. The van der Waals surface area contributed by atoms with Crippen LogP contribution in [-0.2, 0) is 11.3 Å². The summed E-state index contributed by atoms with van der Waals surface area (Å²) in [7, 11) is 0. The van der Waals surface area contributed by atoms with Crippen LogP contribution in [0.2, 0.25) is 0 Å². The van der Waals surface area contributed by atoms with Gasteiger partial charge in [-0.2, -0.15) is 0 Å². The number of nitrogens with zero attached hydrogens (tertiary/aromatic N) is 1. The second-order valence-corrected chi connectivity index (χ2v) is 3.77. The molecule has 0 unspecified atom stereocenters. The topological polar surface area (TPSA) is 83.8 Å². The zero-order valence-electron chi connectivity index (χ0n) is 7.92. The van der Waals surface area contributed by atoms with Crippen LogP contribution in [0.3, 0.4) is 0 Å². The maximum absolute atomic E-state index is 11.6. The standard InChI is InChI=1S/C9H14N4O/c10-9(2-1-3-9)8(14)12-5-7-4-11-6-13-7/h4,6H,1-3,5,10H2,(H,11,13)(H,12,14). The van der Waals surface area contributed by atoms with E-state index in [1.54, 1.807) is 12.5 Å². The summed E-state index contributed by atoms with van der Waals surface area (Å²) in [5, 5.41) is 2.79. The molecule has 1 heterocycles. The van der Waals surface area contributed by atoms with E-state index >= 15 is 0 Å². The number of hydrogen-bond acceptors (Lipinski definition) is 3. The van der Waals surface area contributed by atoms with Gasteiger partial charge in [0.05, 0.1) is 24.1 Å². The Bertz CT molecular complexity index is 316. The zero-order chi connectivity index (χ0) is 10.0. The lowest BCUT2D eigenvalue weighted by molar-refractivity contribution is -0.129. The second-order valence-electron chi connectivity index (χ2n) is 3.77. The van der Waals surface area contributed by atoms with E-state index in [1.807, 2.05) is 0 Å². The van der Waals surface area contributed by atoms with E-state index in [1.165, 1.54) is 0 Å². The molecule has 14 heavy (non-hydrogen) atoms. The summed E-state index contributed by atoms with van der Waals surface area (Å²) in [6, 6.07) is 0. The Hall–Kier alpha value is -1.36. The lowest BCUT2D eigenvalue weighted by atomic mass is 9.77. The van der Waals surface area contributed by atoms with E-state index in [9.17, 15) is 4.79 Å². The van der Waals surface area contributed by atoms with Crippen LogP contribution >= 0.6 is 0 Å². The molecule has 1 saturated carbocycles. The second kappa shape index (κ2) is 3.42. The van der Waals surface area contributed by atoms with Crippen LogP contribution in [0.25, 0.3) is 0 Å². The number of aromatic nitrogens is 2. The van der Waals surface area contributed by atoms with E-state index in [2.05, 4.69) is 15.3 Å². The third-order valence-corrected chi connectivity index (χ3v) is 2.69. The summed E-state index contributed by atoms with van der Waals surface area (Å²) in [5.41, 5.74) is 6.13. The molecule has 5 heteroatoms. The smallest absolute Gasteiger partial charge is 0.240 e. The molecule has 0 spiro atoms. The lowest BCUT2D eigenvalue weighted by Gasteiger charge is -2.36. The van der Waals surface area contributed by atoms with Gasteiger partial charge in [0.15, 0.2) is 0 Å². The van der Waals surface area contributed by atoms with Gasteiger partial charge in [0, 0.05) is 6.20 Å². The van der Waals surface area contributed by atoms with Gasteiger partial charge in [-0.05, 0) is 19.3 Å². The number of nitrogens with one attached hydrogen (secondary N) is 2. The Kier molecular flexibility index (Phi) is 2.25. The molecule has 76 valence electrons. The minimum Gasteiger partial charge on any atom is -0.349 e. The molecular weight excluding hydrogens is 180 g/mol. The summed E-state index contributed by atoms with van der Waals surface area (Å²) >= 11 is 0. The highest BCUT2D eigenvalue weighted by Gasteiger charge is 2.39. The molecule has 4 N–H and O–H groups in total. The summed E-state index contributed by atoms with van der Waals surface area (Å²) in [6.07, 6.45) is 5.91. The Morgan fingerprint density at radius 1 is 1.71 bits per heavy atom. The Balaban J connectivity index is 1.84. The van der Waals surface area contributed by atoms with Crippen molar-refractivity contribution in [2.24, 2.45) is 5.73 Å². The normalized spacial score (nSPS) is 18.6. The van der Waals surface area contributed by atoms with Gasteiger partial charge in [-0.15, -0.1) is 0 Å². The van der Waals surface area contributed by atoms with E-state index in [-0.39, 0.29) is 5.91 Å². The van der Waals surface area contributed by atoms with E-state index in [0.717, 1.165) is 25.0 Å². The zero-order valence-corrected chi connectivity index (χ0v) is 7.92. The maximum Gasteiger partial charge on any atom is 0.240 e. The Labute approximate surface area is 82.1 Å². The average molecular weight is 194 g/mol. The summed E-state index contributed by atoms with van der Waals surface area (Å²) in [5.74, 6) is -0.0571. The molecule has 0 aromatic carbocycles. The first-order valence-corrected chi connectivity index (χ1v) is 4.75. The van der Waals surface area contributed by atoms with Gasteiger partial charge >= 0.3 is 0 Å². The highest BCUT2D eigenvalue weighted by molar-refractivity contribution is 5.86. The van der Waals surface area contributed by atoms with Crippen LogP contribution in [0.15, 0.2) is 12.5 Å². The highest BCUT2D eigenvalue weighted by atomic mass is 16.2. The molecule has 0 saturated heterocycles. The predicted molar refractivity (Wildman–Crippen MR) is 51.2 cm³/mol. The SMILES string of the molecule is NC1(C(=O)NCc2cnc[nH]2)CCC1. The van der Waals surface area contributed by atoms with Crippen molar-refractivity contribution in [3.8, 4) is 0 Å². The van der Waals surface area contributed by atoms with Gasteiger partial charge in [-0.25, -0.2) is 4.98 Å². The number of amides is 1. The van der Waals surface area contributed by atoms with Crippen molar-refractivity contribution in [2.75, 3.05) is 0 Å². The summed E-state index contributed by atoms with van der Waals surface area (Å²) in [6.45, 7) is 0.470. The molecule has 1 amide bonds. The Morgan fingerprint density at radius 3 is 3.00 bits per heavy atom. The highest BCUT2D eigenvalue weighted by Crippen LogP contribution is 2.28. The van der Waals surface area contributed by atoms with Gasteiger partial charge in [0.25, 0.3) is 0 Å². The van der Waals surface area contributed by atoms with Crippen LogP contribution in [0.5, 0.6) is 0 Å². The summed E-state index contributed by atoms with van der Waals surface area (Å²) < 4.78 is 0. The first kappa shape index (κ1) is 9.21. The van der Waals surface area contributed by atoms with Crippen LogP contribution in [0, 0.1) is 0 Å². The van der Waals surface area contributed by atoms with Crippen molar-refractivity contribution >= 4 is 5.91 Å². The van der Waals surface area contributed by atoms with Gasteiger partial charge in [0.2, 0.25) is 5.91 Å². The molecule has 1 aromatic rings. The minimum atomic E-state index is -0.611. The number of rotatable bonds is 3. The van der Waals surface area contributed by atoms with E-state index in [4.69, 9.17) is 5.73 Å². The quantitative estimate of drug-likeness (QED) is 0.628. The fourth-order valence-electron chi connectivity index (χ4n) is 1.52. The molecule has 0 bridgehead atoms. The van der Waals surface area contributed by atoms with Crippen molar-refractivity contribution in [3.05, 3.63) is 18.2 Å². The molecule has 0 aliphatic heterocycles. The Morgan fingerprint density at radius 2 is 2.50 bits per heavy atom. The number of H-pyrrole nitrogens is 1. The number of nitrogens with two attached hydrogens (primary N) is 1. The van der Waals surface area contributed by atoms with E-state index in [0.29, 0.717) is 6.54 Å². The van der Waals surface area contributed by atoms with Gasteiger partial charge in [-0.3, -0.25) is 4.79 Å². The minimum absolute atomic E-state index is 0.0571. The first-order valence-electron chi connectivity index (χ1n) is 4.75. The molecule has 2 rings (SSSR count). The number of carbonyl (C=O) groups is 1. The number of imidazole rings is 1. The maximum atomic E-state index is 11.6. The van der Waals surface area contributed by atoms with Crippen molar-refractivity contribution in [1.82, 2.24) is 15.3 Å². The summed E-state index contributed by atoms with van der Waals surface area (Å²) in [4.78, 5) is 18.3. The monoisotopic (exact) mass is 194 g/mol. The van der Waals surface area contributed by atoms with Crippen LogP contribution in [0.1, 0.15) is 25.0 Å². The fraction of sp³-hybridized carbons (Fsp3) is 0.556. The van der Waals surface area contributed by atoms with Gasteiger partial charge in [0.1, 0.15) is 0 Å². The van der Waals surface area contributed by atoms with Crippen molar-refractivity contribution in [3.63, 3.8) is 0 Å². The van der Waals surface area contributed by atoms with Crippen LogP contribution in [0.4, 0.5) is 0 Å². The molecule has 1 fully saturated rings. The van der Waals surface area contributed by atoms with Gasteiger partial charge in [-0.1, -0.05) is 0 Å². The molecule has 1 aliphatic carbocycles. The first-order chi connectivity index (χ1) is 6.71. The largest absolute Gasteiger partial charge is 0.349 e. The number of aromatic amines is 1. The van der Waals surface area contributed by atoms with Crippen molar-refractivity contribution in [1.29, 1.82) is 0 Å². The molecule has 0 radical (unpaired) electrons. The van der Waals surface area contributed by atoms with Crippen molar-refractivity contribution in [2.45, 2.75) is 31.3 Å². The molecular formula is C9H14N4O. The molecule has 1 aromatic heterocycles. The molecule has 5 nitrogen and oxygen atoms in total. The van der Waals surface area contributed by atoms with Gasteiger partial charge < -0.3 is 16.0 Å². The van der Waals surface area contributed by atoms with Crippen molar-refractivity contribution < 1.29 is 4.79 Å². The fourth-order valence-corrected chi connectivity index (χ4v) is 1.52. The van der Waals surface area contributed by atoms with Crippen LogP contribution in [-0.4, -0.2) is 21.4 Å².